The Morgan fingerprint density at radius 1 is 0.788 bits per heavy atom. The van der Waals surface area contributed by atoms with Gasteiger partial charge in [-0.2, -0.15) is 0 Å². The highest BCUT2D eigenvalue weighted by atomic mass is 16.5. The summed E-state index contributed by atoms with van der Waals surface area (Å²) in [5.74, 6) is -0.191. The van der Waals surface area contributed by atoms with Crippen molar-refractivity contribution in [1.29, 1.82) is 0 Å². The second-order valence-corrected chi connectivity index (χ2v) is 8.20. The molecule has 4 rings (SSSR count). The molecule has 6 heteroatoms. The molecule has 170 valence electrons. The maximum absolute atomic E-state index is 13.6. The highest BCUT2D eigenvalue weighted by Gasteiger charge is 2.35. The molecule has 0 saturated carbocycles. The van der Waals surface area contributed by atoms with E-state index >= 15 is 0 Å². The standard InChI is InChI=1S/C27H28N2O4/c1-19-16-28(26(30)22-10-6-8-20(14-22)17-32-2)24-12-4-5-13-25(24)29(19)27(31)23-11-7-9-21(15-23)18-33-3/h4-15,19H,16-18H2,1-3H3. The van der Waals surface area contributed by atoms with Gasteiger partial charge >= 0.3 is 0 Å². The van der Waals surface area contributed by atoms with Gasteiger partial charge in [-0.05, 0) is 54.4 Å². The van der Waals surface area contributed by atoms with Crippen molar-refractivity contribution in [2.45, 2.75) is 26.2 Å². The molecule has 1 aliphatic rings. The Balaban J connectivity index is 1.68. The summed E-state index contributed by atoms with van der Waals surface area (Å²) >= 11 is 0. The van der Waals surface area contributed by atoms with Crippen LogP contribution in [-0.4, -0.2) is 38.6 Å². The molecule has 6 nitrogen and oxygen atoms in total. The van der Waals surface area contributed by atoms with Crippen molar-refractivity contribution >= 4 is 23.2 Å². The van der Waals surface area contributed by atoms with E-state index in [1.165, 1.54) is 0 Å². The number of amides is 2. The van der Waals surface area contributed by atoms with Gasteiger partial charge in [0.1, 0.15) is 0 Å². The van der Waals surface area contributed by atoms with Crippen molar-refractivity contribution < 1.29 is 19.1 Å². The lowest BCUT2D eigenvalue weighted by Crippen LogP contribution is -2.52. The lowest BCUT2D eigenvalue weighted by Gasteiger charge is -2.41. The quantitative estimate of drug-likeness (QED) is 0.554. The van der Waals surface area contributed by atoms with Gasteiger partial charge in [0.2, 0.25) is 0 Å². The molecule has 1 heterocycles. The third-order valence-corrected chi connectivity index (χ3v) is 5.75. The van der Waals surface area contributed by atoms with Crippen LogP contribution in [0.2, 0.25) is 0 Å². The lowest BCUT2D eigenvalue weighted by atomic mass is 10.0. The summed E-state index contributed by atoms with van der Waals surface area (Å²) in [6.45, 7) is 3.25. The molecule has 0 aromatic heterocycles. The number of rotatable bonds is 6. The summed E-state index contributed by atoms with van der Waals surface area (Å²) in [4.78, 5) is 30.6. The smallest absolute Gasteiger partial charge is 0.258 e. The van der Waals surface area contributed by atoms with E-state index in [2.05, 4.69) is 0 Å². The Labute approximate surface area is 194 Å². The van der Waals surface area contributed by atoms with Gasteiger partial charge in [-0.3, -0.25) is 9.59 Å². The predicted octanol–water partition coefficient (Wildman–Crippen LogP) is 4.68. The van der Waals surface area contributed by atoms with Gasteiger partial charge in [0, 0.05) is 31.9 Å². The van der Waals surface area contributed by atoms with E-state index in [1.54, 1.807) is 24.0 Å². The molecule has 1 unspecified atom stereocenters. The highest BCUT2D eigenvalue weighted by Crippen LogP contribution is 2.37. The number of ether oxygens (including phenoxy) is 2. The summed E-state index contributed by atoms with van der Waals surface area (Å²) in [5.41, 5.74) is 4.51. The number of nitrogens with zero attached hydrogens (tertiary/aromatic N) is 2. The lowest BCUT2D eigenvalue weighted by molar-refractivity contribution is 0.0952. The first-order valence-electron chi connectivity index (χ1n) is 10.9. The van der Waals surface area contributed by atoms with Crippen molar-refractivity contribution in [2.24, 2.45) is 0 Å². The van der Waals surface area contributed by atoms with Crippen LogP contribution in [-0.2, 0) is 22.7 Å². The van der Waals surface area contributed by atoms with Crippen LogP contribution >= 0.6 is 0 Å². The molecule has 0 aliphatic carbocycles. The summed E-state index contributed by atoms with van der Waals surface area (Å²) in [5, 5.41) is 0. The summed E-state index contributed by atoms with van der Waals surface area (Å²) in [7, 11) is 3.27. The Morgan fingerprint density at radius 3 is 1.91 bits per heavy atom. The molecular formula is C27H28N2O4. The first-order valence-corrected chi connectivity index (χ1v) is 10.9. The van der Waals surface area contributed by atoms with Gasteiger partial charge < -0.3 is 19.3 Å². The molecule has 1 atom stereocenters. The molecule has 0 spiro atoms. The SMILES string of the molecule is COCc1cccc(C(=O)N2CC(C)N(C(=O)c3cccc(COC)c3)c3ccccc32)c1. The fourth-order valence-corrected chi connectivity index (χ4v) is 4.30. The molecule has 33 heavy (non-hydrogen) atoms. The minimum Gasteiger partial charge on any atom is -0.380 e. The molecule has 0 fully saturated rings. The zero-order valence-corrected chi connectivity index (χ0v) is 19.2. The first-order chi connectivity index (χ1) is 16.0. The number of carbonyl (C=O) groups excluding carboxylic acids is 2. The summed E-state index contributed by atoms with van der Waals surface area (Å²) in [6, 6.07) is 22.3. The molecule has 0 N–H and O–H groups in total. The number of hydrogen-bond acceptors (Lipinski definition) is 4. The monoisotopic (exact) mass is 444 g/mol. The van der Waals surface area contributed by atoms with E-state index in [0.29, 0.717) is 30.9 Å². The predicted molar refractivity (Wildman–Crippen MR) is 129 cm³/mol. The third-order valence-electron chi connectivity index (χ3n) is 5.75. The van der Waals surface area contributed by atoms with Gasteiger partial charge in [-0.25, -0.2) is 0 Å². The van der Waals surface area contributed by atoms with Crippen LogP contribution < -0.4 is 9.80 Å². The van der Waals surface area contributed by atoms with E-state index in [9.17, 15) is 9.59 Å². The molecular weight excluding hydrogens is 416 g/mol. The summed E-state index contributed by atoms with van der Waals surface area (Å²) < 4.78 is 10.4. The van der Waals surface area contributed by atoms with Gasteiger partial charge in [0.05, 0.1) is 30.6 Å². The van der Waals surface area contributed by atoms with E-state index in [0.717, 1.165) is 22.5 Å². The molecule has 1 aliphatic heterocycles. The van der Waals surface area contributed by atoms with Crippen LogP contribution in [0.1, 0.15) is 38.8 Å². The minimum absolute atomic E-state index is 0.0953. The van der Waals surface area contributed by atoms with Crippen molar-refractivity contribution in [2.75, 3.05) is 30.6 Å². The van der Waals surface area contributed by atoms with Crippen LogP contribution in [0.4, 0.5) is 11.4 Å². The van der Waals surface area contributed by atoms with Crippen LogP contribution in [0.3, 0.4) is 0 Å². The Hall–Kier alpha value is -3.48. The van der Waals surface area contributed by atoms with Gasteiger partial charge in [-0.15, -0.1) is 0 Å². The second kappa shape index (κ2) is 9.98. The molecule has 2 amide bonds. The Bertz CT molecular complexity index is 1160. The van der Waals surface area contributed by atoms with Crippen molar-refractivity contribution in [3.63, 3.8) is 0 Å². The number of fused-ring (bicyclic) bond motifs is 1. The van der Waals surface area contributed by atoms with Crippen LogP contribution in [0.15, 0.2) is 72.8 Å². The van der Waals surface area contributed by atoms with E-state index in [-0.39, 0.29) is 17.9 Å². The van der Waals surface area contributed by atoms with Crippen LogP contribution in [0, 0.1) is 0 Å². The number of methoxy groups -OCH3 is 2. The fraction of sp³-hybridized carbons (Fsp3) is 0.259. The van der Waals surface area contributed by atoms with Gasteiger partial charge in [0.15, 0.2) is 0 Å². The zero-order valence-electron chi connectivity index (χ0n) is 19.2. The van der Waals surface area contributed by atoms with Crippen LogP contribution in [0.25, 0.3) is 0 Å². The van der Waals surface area contributed by atoms with Gasteiger partial charge in [-0.1, -0.05) is 36.4 Å². The number of para-hydroxylation sites is 2. The molecule has 0 bridgehead atoms. The topological polar surface area (TPSA) is 59.1 Å². The van der Waals surface area contributed by atoms with E-state index in [1.807, 2.05) is 79.7 Å². The maximum atomic E-state index is 13.6. The van der Waals surface area contributed by atoms with Crippen LogP contribution in [0.5, 0.6) is 0 Å². The maximum Gasteiger partial charge on any atom is 0.258 e. The molecule has 0 radical (unpaired) electrons. The fourth-order valence-electron chi connectivity index (χ4n) is 4.30. The average molecular weight is 445 g/mol. The van der Waals surface area contributed by atoms with Crippen molar-refractivity contribution in [1.82, 2.24) is 0 Å². The van der Waals surface area contributed by atoms with Crippen molar-refractivity contribution in [3.05, 3.63) is 95.1 Å². The van der Waals surface area contributed by atoms with E-state index < -0.39 is 0 Å². The summed E-state index contributed by atoms with van der Waals surface area (Å²) in [6.07, 6.45) is 0. The Morgan fingerprint density at radius 2 is 1.33 bits per heavy atom. The molecule has 0 saturated heterocycles. The largest absolute Gasteiger partial charge is 0.380 e. The number of anilines is 2. The number of carbonyl (C=O) groups is 2. The normalized spacial score (nSPS) is 15.3. The average Bonchev–Trinajstić information content (AvgIpc) is 2.83. The number of benzene rings is 3. The Kier molecular flexibility index (Phi) is 6.87. The third kappa shape index (κ3) is 4.67. The zero-order chi connectivity index (χ0) is 23.4. The number of hydrogen-bond donors (Lipinski definition) is 0. The van der Waals surface area contributed by atoms with E-state index in [4.69, 9.17) is 9.47 Å². The minimum atomic E-state index is -0.204. The first kappa shape index (κ1) is 22.7. The second-order valence-electron chi connectivity index (χ2n) is 8.20. The highest BCUT2D eigenvalue weighted by molar-refractivity contribution is 6.13. The molecule has 3 aromatic carbocycles. The van der Waals surface area contributed by atoms with Gasteiger partial charge in [0.25, 0.3) is 11.8 Å². The molecule has 3 aromatic rings. The van der Waals surface area contributed by atoms with Crippen molar-refractivity contribution in [3.8, 4) is 0 Å².